The molecule has 0 atom stereocenters. The number of aryl methyl sites for hydroxylation is 2. The van der Waals surface area contributed by atoms with Gasteiger partial charge in [0.2, 0.25) is 5.89 Å². The number of hydrogen-bond donors (Lipinski definition) is 2. The molecule has 0 spiro atoms. The number of rotatable bonds is 3. The van der Waals surface area contributed by atoms with E-state index in [9.17, 15) is 18.0 Å². The minimum Gasteiger partial charge on any atom is -0.337 e. The van der Waals surface area contributed by atoms with Crippen LogP contribution in [0.25, 0.3) is 0 Å². The van der Waals surface area contributed by atoms with Crippen LogP contribution in [0.15, 0.2) is 10.7 Å². The van der Waals surface area contributed by atoms with Crippen molar-refractivity contribution in [1.29, 1.82) is 0 Å². The zero-order valence-corrected chi connectivity index (χ0v) is 11.0. The Morgan fingerprint density at radius 3 is 2.76 bits per heavy atom. The number of aromatic nitrogens is 4. The van der Waals surface area contributed by atoms with Crippen molar-refractivity contribution in [2.75, 3.05) is 5.32 Å². The predicted molar refractivity (Wildman–Crippen MR) is 63.1 cm³/mol. The molecule has 2 N–H and O–H groups in total. The van der Waals surface area contributed by atoms with E-state index in [2.05, 4.69) is 25.9 Å². The van der Waals surface area contributed by atoms with Crippen LogP contribution in [0, 0.1) is 6.92 Å². The maximum Gasteiger partial charge on any atom is 0.437 e. The average Bonchev–Trinajstić information content (AvgIpc) is 2.92. The Labute approximate surface area is 116 Å². The molecule has 11 heteroatoms. The fraction of sp³-hybridized carbons (Fsp3) is 0.400. The molecule has 2 aromatic rings. The van der Waals surface area contributed by atoms with Crippen LogP contribution in [-0.4, -0.2) is 26.0 Å². The van der Waals surface area contributed by atoms with E-state index < -0.39 is 23.6 Å². The summed E-state index contributed by atoms with van der Waals surface area (Å²) in [5.41, 5.74) is -1.61. The molecule has 114 valence electrons. The van der Waals surface area contributed by atoms with Crippen molar-refractivity contribution in [3.8, 4) is 0 Å². The number of urea groups is 1. The number of nitrogens with one attached hydrogen (secondary N) is 2. The number of alkyl halides is 3. The first-order chi connectivity index (χ1) is 9.75. The Bertz CT molecular complexity index is 648. The summed E-state index contributed by atoms with van der Waals surface area (Å²) in [6.07, 6.45) is -3.60. The van der Waals surface area contributed by atoms with Gasteiger partial charge in [0, 0.05) is 13.2 Å². The molecule has 21 heavy (non-hydrogen) atoms. The molecule has 2 heterocycles. The molecule has 0 radical (unpaired) electrons. The van der Waals surface area contributed by atoms with E-state index in [4.69, 9.17) is 4.52 Å². The highest BCUT2D eigenvalue weighted by molar-refractivity contribution is 5.89. The minimum absolute atomic E-state index is 0.103. The van der Waals surface area contributed by atoms with Crippen LogP contribution >= 0.6 is 0 Å². The van der Waals surface area contributed by atoms with Gasteiger partial charge in [-0.25, -0.2) is 4.79 Å². The topological polar surface area (TPSA) is 97.9 Å². The molecule has 0 aliphatic carbocycles. The summed E-state index contributed by atoms with van der Waals surface area (Å²) in [4.78, 5) is 15.4. The first kappa shape index (κ1) is 14.8. The molecule has 0 aliphatic rings. The van der Waals surface area contributed by atoms with Crippen molar-refractivity contribution < 1.29 is 22.5 Å². The maximum atomic E-state index is 12.7. The predicted octanol–water partition coefficient (Wildman–Crippen LogP) is 1.45. The van der Waals surface area contributed by atoms with Crippen molar-refractivity contribution >= 4 is 11.7 Å². The van der Waals surface area contributed by atoms with Crippen LogP contribution in [0.2, 0.25) is 0 Å². The second-order valence-corrected chi connectivity index (χ2v) is 4.11. The molecule has 0 unspecified atom stereocenters. The standard InChI is InChI=1S/C10H11F3N6O2/c1-5-15-7(21-18-5)3-14-9(20)16-6-4-19(2)17-8(6)10(11,12)13/h4H,3H2,1-2H3,(H2,14,16,20). The second kappa shape index (κ2) is 5.42. The van der Waals surface area contributed by atoms with Gasteiger partial charge in [0.05, 0.1) is 12.2 Å². The summed E-state index contributed by atoms with van der Waals surface area (Å²) < 4.78 is 43.8. The smallest absolute Gasteiger partial charge is 0.337 e. The molecule has 8 nitrogen and oxygen atoms in total. The highest BCUT2D eigenvalue weighted by atomic mass is 19.4. The third-order valence-corrected chi connectivity index (χ3v) is 2.32. The number of halogens is 3. The van der Waals surface area contributed by atoms with Crippen molar-refractivity contribution in [3.05, 3.63) is 23.6 Å². The molecule has 0 aromatic carbocycles. The van der Waals surface area contributed by atoms with Gasteiger partial charge < -0.3 is 15.2 Å². The summed E-state index contributed by atoms with van der Waals surface area (Å²) in [7, 11) is 1.32. The van der Waals surface area contributed by atoms with Crippen molar-refractivity contribution in [2.24, 2.45) is 7.05 Å². The van der Waals surface area contributed by atoms with E-state index in [0.717, 1.165) is 10.9 Å². The highest BCUT2D eigenvalue weighted by Gasteiger charge is 2.37. The van der Waals surface area contributed by atoms with Crippen LogP contribution in [0.1, 0.15) is 17.4 Å². The van der Waals surface area contributed by atoms with E-state index in [1.165, 1.54) is 7.05 Å². The zero-order chi connectivity index (χ0) is 15.6. The van der Waals surface area contributed by atoms with Crippen molar-refractivity contribution in [2.45, 2.75) is 19.6 Å². The first-order valence-electron chi connectivity index (χ1n) is 5.70. The van der Waals surface area contributed by atoms with Gasteiger partial charge in [0.1, 0.15) is 0 Å². The van der Waals surface area contributed by atoms with Crippen LogP contribution in [-0.2, 0) is 19.8 Å². The second-order valence-electron chi connectivity index (χ2n) is 4.11. The van der Waals surface area contributed by atoms with Crippen molar-refractivity contribution in [1.82, 2.24) is 25.2 Å². The molecule has 2 amide bonds. The normalized spacial score (nSPS) is 11.5. The van der Waals surface area contributed by atoms with Gasteiger partial charge in [-0.15, -0.1) is 0 Å². The highest BCUT2D eigenvalue weighted by Crippen LogP contribution is 2.33. The monoisotopic (exact) mass is 304 g/mol. The SMILES string of the molecule is Cc1noc(CNC(=O)Nc2cn(C)nc2C(F)(F)F)n1. The quantitative estimate of drug-likeness (QED) is 0.894. The Morgan fingerprint density at radius 1 is 1.48 bits per heavy atom. The van der Waals surface area contributed by atoms with E-state index in [1.807, 2.05) is 0 Å². The maximum absolute atomic E-state index is 12.7. The number of carbonyl (C=O) groups is 1. The zero-order valence-electron chi connectivity index (χ0n) is 11.0. The molecule has 0 saturated carbocycles. The van der Waals surface area contributed by atoms with Crippen molar-refractivity contribution in [3.63, 3.8) is 0 Å². The number of hydrogen-bond acceptors (Lipinski definition) is 5. The Hall–Kier alpha value is -2.59. The van der Waals surface area contributed by atoms with Gasteiger partial charge in [-0.1, -0.05) is 5.16 Å². The molecular weight excluding hydrogens is 293 g/mol. The lowest BCUT2D eigenvalue weighted by molar-refractivity contribution is -0.140. The van der Waals surface area contributed by atoms with Crippen LogP contribution in [0.3, 0.4) is 0 Å². The molecular formula is C10H11F3N6O2. The average molecular weight is 304 g/mol. The van der Waals surface area contributed by atoms with Crippen LogP contribution in [0.5, 0.6) is 0 Å². The minimum atomic E-state index is -4.66. The number of amides is 2. The first-order valence-corrected chi connectivity index (χ1v) is 5.70. The van der Waals surface area contributed by atoms with Gasteiger partial charge in [-0.05, 0) is 6.92 Å². The third kappa shape index (κ3) is 3.70. The fourth-order valence-corrected chi connectivity index (χ4v) is 1.52. The number of carbonyl (C=O) groups excluding carboxylic acids is 1. The molecule has 0 saturated heterocycles. The molecule has 0 bridgehead atoms. The molecule has 2 aromatic heterocycles. The summed E-state index contributed by atoms with van der Waals surface area (Å²) in [6, 6.07) is -0.843. The Kier molecular flexibility index (Phi) is 3.82. The number of nitrogens with zero attached hydrogens (tertiary/aromatic N) is 4. The summed E-state index contributed by atoms with van der Waals surface area (Å²) in [6.45, 7) is 1.49. The van der Waals surface area contributed by atoms with E-state index in [0.29, 0.717) is 5.82 Å². The third-order valence-electron chi connectivity index (χ3n) is 2.32. The fourth-order valence-electron chi connectivity index (χ4n) is 1.52. The Morgan fingerprint density at radius 2 is 2.19 bits per heavy atom. The van der Waals surface area contributed by atoms with Gasteiger partial charge >= 0.3 is 12.2 Å². The summed E-state index contributed by atoms with van der Waals surface area (Å²) in [5.74, 6) is 0.531. The van der Waals surface area contributed by atoms with Gasteiger partial charge in [0.15, 0.2) is 11.5 Å². The lowest BCUT2D eigenvalue weighted by atomic mass is 10.3. The molecule has 0 fully saturated rings. The van der Waals surface area contributed by atoms with Gasteiger partial charge in [-0.3, -0.25) is 4.68 Å². The largest absolute Gasteiger partial charge is 0.437 e. The van der Waals surface area contributed by atoms with E-state index in [-0.39, 0.29) is 12.4 Å². The molecule has 2 rings (SSSR count). The number of anilines is 1. The lowest BCUT2D eigenvalue weighted by Crippen LogP contribution is -2.29. The summed E-state index contributed by atoms with van der Waals surface area (Å²) >= 11 is 0. The molecule has 0 aliphatic heterocycles. The van der Waals surface area contributed by atoms with Crippen LogP contribution < -0.4 is 10.6 Å². The van der Waals surface area contributed by atoms with Gasteiger partial charge in [0.25, 0.3) is 0 Å². The summed E-state index contributed by atoms with van der Waals surface area (Å²) in [5, 5.41) is 11.1. The Balaban J connectivity index is 2.00. The van der Waals surface area contributed by atoms with E-state index >= 15 is 0 Å². The van der Waals surface area contributed by atoms with Gasteiger partial charge in [-0.2, -0.15) is 23.3 Å². The lowest BCUT2D eigenvalue weighted by Gasteiger charge is -2.07. The van der Waals surface area contributed by atoms with E-state index in [1.54, 1.807) is 6.92 Å². The van der Waals surface area contributed by atoms with Crippen LogP contribution in [0.4, 0.5) is 23.7 Å².